The molecule has 1 saturated carbocycles. The monoisotopic (exact) mass is 176 g/mol. The van der Waals surface area contributed by atoms with Crippen molar-refractivity contribution in [3.63, 3.8) is 0 Å². The van der Waals surface area contributed by atoms with E-state index >= 15 is 0 Å². The summed E-state index contributed by atoms with van der Waals surface area (Å²) in [5, 5.41) is 9.51. The molecule has 0 amide bonds. The summed E-state index contributed by atoms with van der Waals surface area (Å²) >= 11 is 0. The van der Waals surface area contributed by atoms with Crippen LogP contribution in [0, 0.1) is 6.92 Å². The Hall–Kier alpha value is -1.31. The molecular weight excluding hydrogens is 164 g/mol. The van der Waals surface area contributed by atoms with Crippen molar-refractivity contribution in [2.24, 2.45) is 0 Å². The van der Waals surface area contributed by atoms with E-state index in [0.29, 0.717) is 5.92 Å². The van der Waals surface area contributed by atoms with Crippen LogP contribution in [0.4, 0.5) is 0 Å². The van der Waals surface area contributed by atoms with Gasteiger partial charge in [0.05, 0.1) is 0 Å². The van der Waals surface area contributed by atoms with E-state index in [9.17, 15) is 9.90 Å². The van der Waals surface area contributed by atoms with Crippen LogP contribution in [-0.4, -0.2) is 5.11 Å². The molecule has 2 nitrogen and oxygen atoms in total. The zero-order valence-electron chi connectivity index (χ0n) is 7.58. The molecule has 1 fully saturated rings. The lowest BCUT2D eigenvalue weighted by Gasteiger charge is -1.99. The highest BCUT2D eigenvalue weighted by molar-refractivity contribution is 5.40. The molecule has 1 aromatic carbocycles. The van der Waals surface area contributed by atoms with Crippen molar-refractivity contribution >= 4 is 0 Å². The maximum Gasteiger partial charge on any atom is 0.220 e. The summed E-state index contributed by atoms with van der Waals surface area (Å²) in [6, 6.07) is 5.07. The Balaban J connectivity index is 2.66. The summed E-state index contributed by atoms with van der Waals surface area (Å²) in [4.78, 5) is 11.2. The van der Waals surface area contributed by atoms with Crippen molar-refractivity contribution in [1.82, 2.24) is 0 Å². The molecule has 0 aliphatic heterocycles. The number of hydrogen-bond acceptors (Lipinski definition) is 2. The van der Waals surface area contributed by atoms with Gasteiger partial charge in [-0.25, -0.2) is 0 Å². The van der Waals surface area contributed by atoms with Crippen LogP contribution in [0.3, 0.4) is 0 Å². The molecule has 13 heavy (non-hydrogen) atoms. The second kappa shape index (κ2) is 2.87. The Morgan fingerprint density at radius 3 is 2.69 bits per heavy atom. The number of aromatic hydroxyl groups is 1. The highest BCUT2D eigenvalue weighted by atomic mass is 16.3. The first-order valence-corrected chi connectivity index (χ1v) is 4.53. The summed E-state index contributed by atoms with van der Waals surface area (Å²) in [5.41, 5.74) is 1.58. The molecule has 0 bridgehead atoms. The maximum absolute atomic E-state index is 11.2. The normalized spacial score (nSPS) is 15.8. The lowest BCUT2D eigenvalue weighted by Crippen LogP contribution is -1.95. The first kappa shape index (κ1) is 8.30. The average Bonchev–Trinajstić information content (AvgIpc) is 2.91. The summed E-state index contributed by atoms with van der Waals surface area (Å²) in [7, 11) is 0. The zero-order chi connectivity index (χ0) is 9.42. The van der Waals surface area contributed by atoms with Gasteiger partial charge in [-0.05, 0) is 42.9 Å². The second-order valence-electron chi connectivity index (χ2n) is 3.59. The van der Waals surface area contributed by atoms with Crippen LogP contribution in [0.5, 0.6) is 5.75 Å². The van der Waals surface area contributed by atoms with E-state index in [0.717, 1.165) is 11.1 Å². The Kier molecular flexibility index (Phi) is 1.83. The van der Waals surface area contributed by atoms with Crippen LogP contribution in [0.2, 0.25) is 0 Å². The summed E-state index contributed by atoms with van der Waals surface area (Å²) in [6.45, 7) is 1.81. The quantitative estimate of drug-likeness (QED) is 0.710. The van der Waals surface area contributed by atoms with Crippen molar-refractivity contribution in [2.45, 2.75) is 25.7 Å². The van der Waals surface area contributed by atoms with E-state index in [1.165, 1.54) is 18.9 Å². The van der Waals surface area contributed by atoms with Crippen molar-refractivity contribution in [3.05, 3.63) is 39.5 Å². The number of rotatable bonds is 1. The maximum atomic E-state index is 11.2. The molecule has 0 aromatic heterocycles. The second-order valence-corrected chi connectivity index (χ2v) is 3.59. The molecule has 1 aliphatic rings. The molecule has 2 rings (SSSR count). The van der Waals surface area contributed by atoms with Crippen LogP contribution in [-0.2, 0) is 0 Å². The van der Waals surface area contributed by atoms with Gasteiger partial charge < -0.3 is 5.11 Å². The average molecular weight is 176 g/mol. The van der Waals surface area contributed by atoms with E-state index in [1.807, 2.05) is 13.0 Å². The van der Waals surface area contributed by atoms with Crippen LogP contribution in [0.25, 0.3) is 0 Å². The van der Waals surface area contributed by atoms with Gasteiger partial charge in [0.15, 0.2) is 5.75 Å². The molecule has 0 saturated heterocycles. The predicted octanol–water partition coefficient (Wildman–Crippen LogP) is 1.94. The molecule has 2 heteroatoms. The molecular formula is C11H12O2. The fraction of sp³-hybridized carbons (Fsp3) is 0.364. The molecule has 0 radical (unpaired) electrons. The highest BCUT2D eigenvalue weighted by Gasteiger charge is 2.25. The summed E-state index contributed by atoms with van der Waals surface area (Å²) in [6.07, 6.45) is 2.36. The fourth-order valence-corrected chi connectivity index (χ4v) is 1.60. The van der Waals surface area contributed by atoms with Gasteiger partial charge in [-0.3, -0.25) is 4.79 Å². The van der Waals surface area contributed by atoms with Crippen LogP contribution < -0.4 is 5.43 Å². The van der Waals surface area contributed by atoms with E-state index in [2.05, 4.69) is 0 Å². The van der Waals surface area contributed by atoms with Gasteiger partial charge >= 0.3 is 0 Å². The molecule has 0 atom stereocenters. The summed E-state index contributed by atoms with van der Waals surface area (Å²) in [5.74, 6) is 0.476. The molecule has 0 spiro atoms. The van der Waals surface area contributed by atoms with Gasteiger partial charge in [-0.1, -0.05) is 12.1 Å². The van der Waals surface area contributed by atoms with Gasteiger partial charge in [0.25, 0.3) is 0 Å². The zero-order valence-corrected chi connectivity index (χ0v) is 7.58. The Morgan fingerprint density at radius 1 is 1.38 bits per heavy atom. The topological polar surface area (TPSA) is 37.3 Å². The van der Waals surface area contributed by atoms with E-state index in [-0.39, 0.29) is 11.2 Å². The molecule has 0 unspecified atom stereocenters. The molecule has 1 aliphatic carbocycles. The minimum Gasteiger partial charge on any atom is -0.504 e. The first-order chi connectivity index (χ1) is 6.20. The summed E-state index contributed by atoms with van der Waals surface area (Å²) < 4.78 is 0. The standard InChI is InChI=1S/C11H12O2/c1-7-9(8-5-6-8)3-2-4-10(12)11(7)13/h2-4,8H,5-6H2,1H3,(H,12,13). The van der Waals surface area contributed by atoms with Crippen molar-refractivity contribution in [1.29, 1.82) is 0 Å². The molecule has 1 N–H and O–H groups in total. The minimum absolute atomic E-state index is 0.0908. The Morgan fingerprint density at radius 2 is 2.08 bits per heavy atom. The fourth-order valence-electron chi connectivity index (χ4n) is 1.60. The third-order valence-electron chi connectivity index (χ3n) is 2.56. The van der Waals surface area contributed by atoms with E-state index < -0.39 is 0 Å². The van der Waals surface area contributed by atoms with Crippen molar-refractivity contribution in [3.8, 4) is 5.75 Å². The largest absolute Gasteiger partial charge is 0.504 e. The lowest BCUT2D eigenvalue weighted by atomic mass is 10.1. The van der Waals surface area contributed by atoms with Crippen molar-refractivity contribution < 1.29 is 5.11 Å². The van der Waals surface area contributed by atoms with Crippen LogP contribution >= 0.6 is 0 Å². The number of hydrogen-bond donors (Lipinski definition) is 1. The van der Waals surface area contributed by atoms with Gasteiger partial charge in [0, 0.05) is 0 Å². The smallest absolute Gasteiger partial charge is 0.220 e. The van der Waals surface area contributed by atoms with Crippen LogP contribution in [0.15, 0.2) is 23.0 Å². The lowest BCUT2D eigenvalue weighted by molar-refractivity contribution is 0.466. The third kappa shape index (κ3) is 1.44. The Bertz CT molecular complexity index is 392. The minimum atomic E-state index is -0.288. The van der Waals surface area contributed by atoms with Gasteiger partial charge in [0.1, 0.15) is 0 Å². The van der Waals surface area contributed by atoms with Gasteiger partial charge in [-0.15, -0.1) is 0 Å². The van der Waals surface area contributed by atoms with Crippen LogP contribution in [0.1, 0.15) is 29.9 Å². The molecule has 1 aromatic rings. The molecule has 0 heterocycles. The van der Waals surface area contributed by atoms with Gasteiger partial charge in [-0.2, -0.15) is 0 Å². The third-order valence-corrected chi connectivity index (χ3v) is 2.56. The highest BCUT2D eigenvalue weighted by Crippen LogP contribution is 2.42. The molecule has 68 valence electrons. The Labute approximate surface area is 76.9 Å². The SMILES string of the molecule is Cc1c(C2CC2)cccc(=O)c1O. The van der Waals surface area contributed by atoms with Gasteiger partial charge in [0.2, 0.25) is 5.43 Å². The predicted molar refractivity (Wildman–Crippen MR) is 51.1 cm³/mol. The first-order valence-electron chi connectivity index (χ1n) is 4.53. The van der Waals surface area contributed by atoms with E-state index in [1.54, 1.807) is 6.07 Å². The van der Waals surface area contributed by atoms with E-state index in [4.69, 9.17) is 0 Å². The van der Waals surface area contributed by atoms with Crippen molar-refractivity contribution in [2.75, 3.05) is 0 Å².